The molecule has 0 aromatic carbocycles. The molecule has 2 heterocycles. The van der Waals surface area contributed by atoms with Gasteiger partial charge in [-0.1, -0.05) is 11.6 Å². The molecule has 0 saturated carbocycles. The van der Waals surface area contributed by atoms with Crippen molar-refractivity contribution < 1.29 is 4.79 Å². The largest absolute Gasteiger partial charge is 0.286 e. The second kappa shape index (κ2) is 4.96. The molecule has 0 unspecified atom stereocenters. The van der Waals surface area contributed by atoms with Crippen LogP contribution in [-0.4, -0.2) is 10.8 Å². The molecule has 0 aliphatic rings. The van der Waals surface area contributed by atoms with E-state index >= 15 is 0 Å². The van der Waals surface area contributed by atoms with Crippen molar-refractivity contribution in [1.82, 2.24) is 4.98 Å². The maximum Gasteiger partial charge on any atom is 0.223 e. The van der Waals surface area contributed by atoms with E-state index in [0.717, 1.165) is 4.47 Å². The van der Waals surface area contributed by atoms with Gasteiger partial charge in [-0.05, 0) is 49.4 Å². The Balaban J connectivity index is 2.46. The Morgan fingerprint density at radius 1 is 1.44 bits per heavy atom. The Bertz CT molecular complexity index is 556. The third kappa shape index (κ3) is 2.37. The van der Waals surface area contributed by atoms with Gasteiger partial charge in [-0.2, -0.15) is 0 Å². The average Bonchev–Trinajstić information content (AvgIpc) is 2.63. The molecule has 0 atom stereocenters. The molecule has 16 heavy (non-hydrogen) atoms. The zero-order valence-corrected chi connectivity index (χ0v) is 12.5. The molecule has 2 aromatic rings. The number of thiophene rings is 1. The normalized spacial score (nSPS) is 10.4. The predicted octanol–water partition coefficient (Wildman–Crippen LogP) is 4.55. The molecule has 0 N–H and O–H groups in total. The molecule has 0 bridgehead atoms. The summed E-state index contributed by atoms with van der Waals surface area (Å²) in [6.07, 6.45) is 1.58. The number of nitrogens with zero attached hydrogens (tertiary/aromatic N) is 1. The van der Waals surface area contributed by atoms with Crippen molar-refractivity contribution in [1.29, 1.82) is 0 Å². The van der Waals surface area contributed by atoms with Gasteiger partial charge in [0.1, 0.15) is 5.69 Å². The minimum absolute atomic E-state index is 0.167. The van der Waals surface area contributed by atoms with Gasteiger partial charge in [0, 0.05) is 15.1 Å². The lowest BCUT2D eigenvalue weighted by molar-refractivity contribution is 0.103. The number of ketones is 1. The zero-order valence-electron chi connectivity index (χ0n) is 7.71. The van der Waals surface area contributed by atoms with Crippen LogP contribution in [0.4, 0.5) is 0 Å². The van der Waals surface area contributed by atoms with Gasteiger partial charge in [0.15, 0.2) is 0 Å². The Kier molecular flexibility index (Phi) is 3.79. The molecular weight excluding hydrogens is 377 g/mol. The number of carbonyl (C=O) groups excluding carboxylic acids is 1. The number of pyridine rings is 1. The summed E-state index contributed by atoms with van der Waals surface area (Å²) >= 11 is 13.8. The molecule has 0 aliphatic carbocycles. The molecule has 6 heteroatoms. The molecule has 0 spiro atoms. The fourth-order valence-corrected chi connectivity index (χ4v) is 3.39. The Labute approximate surface area is 118 Å². The monoisotopic (exact) mass is 379 g/mol. The summed E-state index contributed by atoms with van der Waals surface area (Å²) in [7, 11) is 0. The molecule has 2 nitrogen and oxygen atoms in total. The minimum atomic E-state index is -0.167. The summed E-state index contributed by atoms with van der Waals surface area (Å²) in [6, 6.07) is 3.48. The number of aromatic nitrogens is 1. The number of hydrogen-bond acceptors (Lipinski definition) is 3. The number of hydrogen-bond donors (Lipinski definition) is 0. The molecule has 2 aromatic heterocycles. The van der Waals surface area contributed by atoms with Gasteiger partial charge in [-0.3, -0.25) is 9.78 Å². The van der Waals surface area contributed by atoms with Crippen LogP contribution in [0.2, 0.25) is 5.02 Å². The van der Waals surface area contributed by atoms with Crippen molar-refractivity contribution in [2.75, 3.05) is 0 Å². The SMILES string of the molecule is O=C(c1ncc(Br)cc1Br)c1sccc1Cl. The topological polar surface area (TPSA) is 30.0 Å². The summed E-state index contributed by atoms with van der Waals surface area (Å²) in [5.74, 6) is -0.167. The molecular formula is C10H4Br2ClNOS. The van der Waals surface area contributed by atoms with Gasteiger partial charge in [0.25, 0.3) is 0 Å². The van der Waals surface area contributed by atoms with Gasteiger partial charge >= 0.3 is 0 Å². The first-order valence-corrected chi connectivity index (χ1v) is 7.02. The van der Waals surface area contributed by atoms with Crippen molar-refractivity contribution in [2.24, 2.45) is 0 Å². The zero-order chi connectivity index (χ0) is 11.7. The first kappa shape index (κ1) is 12.2. The highest BCUT2D eigenvalue weighted by molar-refractivity contribution is 9.11. The standard InChI is InChI=1S/C10H4Br2ClNOS/c11-5-3-6(12)8(14-4-5)9(15)10-7(13)1-2-16-10/h1-4H. The van der Waals surface area contributed by atoms with Gasteiger partial charge in [0.05, 0.1) is 9.90 Å². The summed E-state index contributed by atoms with van der Waals surface area (Å²) < 4.78 is 1.46. The van der Waals surface area contributed by atoms with Gasteiger partial charge < -0.3 is 0 Å². The number of halogens is 3. The van der Waals surface area contributed by atoms with E-state index < -0.39 is 0 Å². The average molecular weight is 381 g/mol. The highest BCUT2D eigenvalue weighted by Crippen LogP contribution is 2.28. The molecule has 0 saturated heterocycles. The van der Waals surface area contributed by atoms with Crippen LogP contribution in [0.3, 0.4) is 0 Å². The third-order valence-electron chi connectivity index (χ3n) is 1.85. The van der Waals surface area contributed by atoms with Crippen molar-refractivity contribution in [3.8, 4) is 0 Å². The van der Waals surface area contributed by atoms with E-state index in [1.165, 1.54) is 11.3 Å². The predicted molar refractivity (Wildman–Crippen MR) is 72.4 cm³/mol. The van der Waals surface area contributed by atoms with E-state index in [4.69, 9.17) is 11.6 Å². The van der Waals surface area contributed by atoms with Gasteiger partial charge in [0.2, 0.25) is 5.78 Å². The van der Waals surface area contributed by atoms with Gasteiger partial charge in [-0.15, -0.1) is 11.3 Å². The van der Waals surface area contributed by atoms with Crippen LogP contribution in [0.5, 0.6) is 0 Å². The maximum atomic E-state index is 12.1. The maximum absolute atomic E-state index is 12.1. The fraction of sp³-hybridized carbons (Fsp3) is 0. The second-order valence-corrected chi connectivity index (χ2v) is 6.00. The van der Waals surface area contributed by atoms with Crippen molar-refractivity contribution >= 4 is 60.6 Å². The molecule has 0 amide bonds. The van der Waals surface area contributed by atoms with Crippen molar-refractivity contribution in [3.05, 3.63) is 48.2 Å². The first-order valence-electron chi connectivity index (χ1n) is 4.18. The Morgan fingerprint density at radius 2 is 2.19 bits per heavy atom. The van der Waals surface area contributed by atoms with Crippen LogP contribution >= 0.6 is 54.8 Å². The van der Waals surface area contributed by atoms with E-state index in [9.17, 15) is 4.79 Å². The van der Waals surface area contributed by atoms with E-state index in [2.05, 4.69) is 36.8 Å². The summed E-state index contributed by atoms with van der Waals surface area (Å²) in [5, 5.41) is 2.24. The van der Waals surface area contributed by atoms with E-state index in [-0.39, 0.29) is 5.78 Å². The van der Waals surface area contributed by atoms with Crippen molar-refractivity contribution in [3.63, 3.8) is 0 Å². The highest BCUT2D eigenvalue weighted by atomic mass is 79.9. The van der Waals surface area contributed by atoms with E-state index in [1.54, 1.807) is 23.7 Å². The molecule has 82 valence electrons. The summed E-state index contributed by atoms with van der Waals surface area (Å²) in [4.78, 5) is 16.7. The van der Waals surface area contributed by atoms with Crippen LogP contribution in [0.15, 0.2) is 32.7 Å². The van der Waals surface area contributed by atoms with Crippen LogP contribution < -0.4 is 0 Å². The van der Waals surface area contributed by atoms with E-state index in [1.807, 2.05) is 0 Å². The van der Waals surface area contributed by atoms with Crippen LogP contribution in [0, 0.1) is 0 Å². The summed E-state index contributed by atoms with van der Waals surface area (Å²) in [6.45, 7) is 0. The Morgan fingerprint density at radius 3 is 2.75 bits per heavy atom. The highest BCUT2D eigenvalue weighted by Gasteiger charge is 2.18. The lowest BCUT2D eigenvalue weighted by Gasteiger charge is -2.01. The second-order valence-electron chi connectivity index (χ2n) is 2.91. The summed E-state index contributed by atoms with van der Waals surface area (Å²) in [5.41, 5.74) is 0.368. The van der Waals surface area contributed by atoms with Crippen LogP contribution in [-0.2, 0) is 0 Å². The smallest absolute Gasteiger partial charge is 0.223 e. The fourth-order valence-electron chi connectivity index (χ4n) is 1.14. The third-order valence-corrected chi connectivity index (χ3v) is 4.22. The molecule has 0 fully saturated rings. The van der Waals surface area contributed by atoms with Crippen LogP contribution in [0.1, 0.15) is 15.4 Å². The quantitative estimate of drug-likeness (QED) is 0.714. The van der Waals surface area contributed by atoms with Gasteiger partial charge in [-0.25, -0.2) is 0 Å². The van der Waals surface area contributed by atoms with Crippen molar-refractivity contribution in [2.45, 2.75) is 0 Å². The Hall–Kier alpha value is -0.230. The molecule has 0 aliphatic heterocycles. The molecule has 2 rings (SSSR count). The minimum Gasteiger partial charge on any atom is -0.286 e. The molecule has 0 radical (unpaired) electrons. The van der Waals surface area contributed by atoms with Crippen LogP contribution in [0.25, 0.3) is 0 Å². The van der Waals surface area contributed by atoms with E-state index in [0.29, 0.717) is 20.1 Å². The lowest BCUT2D eigenvalue weighted by atomic mass is 10.2. The number of carbonyl (C=O) groups is 1. The number of rotatable bonds is 2. The first-order chi connectivity index (χ1) is 7.59. The lowest BCUT2D eigenvalue weighted by Crippen LogP contribution is -2.03.